The minimum Gasteiger partial charge on any atom is -0.381 e. The van der Waals surface area contributed by atoms with Crippen molar-refractivity contribution in [2.75, 3.05) is 19.8 Å². The van der Waals surface area contributed by atoms with Gasteiger partial charge in [0.05, 0.1) is 0 Å². The first kappa shape index (κ1) is 16.6. The number of carbonyl (C=O) groups excluding carboxylic acids is 1. The van der Waals surface area contributed by atoms with E-state index in [9.17, 15) is 4.79 Å². The van der Waals surface area contributed by atoms with E-state index in [-0.39, 0.29) is 5.91 Å². The summed E-state index contributed by atoms with van der Waals surface area (Å²) in [4.78, 5) is 19.6. The number of rotatable bonds is 3. The maximum absolute atomic E-state index is 13.0. The third-order valence-corrected chi connectivity index (χ3v) is 5.74. The number of fused-ring (bicyclic) bond motifs is 1. The van der Waals surface area contributed by atoms with Crippen LogP contribution in [0.4, 0.5) is 0 Å². The highest BCUT2D eigenvalue weighted by Crippen LogP contribution is 2.31. The number of likely N-dealkylation sites (tertiary alicyclic amines) is 1. The van der Waals surface area contributed by atoms with E-state index in [1.54, 1.807) is 0 Å². The van der Waals surface area contributed by atoms with Crippen LogP contribution in [0.15, 0.2) is 24.4 Å². The first-order valence-electron chi connectivity index (χ1n) is 9.55. The molecule has 0 unspecified atom stereocenters. The minimum atomic E-state index is 0.226. The number of hydrogen-bond acceptors (Lipinski definition) is 3. The van der Waals surface area contributed by atoms with Crippen molar-refractivity contribution in [2.45, 2.75) is 57.5 Å². The zero-order valence-electron chi connectivity index (χ0n) is 15.0. The molecule has 0 spiro atoms. The number of ether oxygens (including phenoxy) is 1. The molecule has 2 aliphatic heterocycles. The van der Waals surface area contributed by atoms with Gasteiger partial charge in [-0.3, -0.25) is 4.79 Å². The number of amides is 1. The monoisotopic (exact) mass is 341 g/mol. The molecule has 5 nitrogen and oxygen atoms in total. The van der Waals surface area contributed by atoms with Crippen molar-refractivity contribution in [3.63, 3.8) is 0 Å². The predicted molar refractivity (Wildman–Crippen MR) is 97.6 cm³/mol. The highest BCUT2D eigenvalue weighted by atomic mass is 16.5. The standard InChI is InChI=1S/C20H27N3O2/c1-15-5-2-3-10-22(15)19(24)14-23-18(16-7-11-25-12-8-16)13-17-6-4-9-21-20(17)23/h4,6,9,13,15-16H,2-3,5,7-8,10-12,14H2,1H3/t15-/m0/s1. The summed E-state index contributed by atoms with van der Waals surface area (Å²) in [5, 5.41) is 1.13. The van der Waals surface area contributed by atoms with Gasteiger partial charge in [-0.05, 0) is 57.2 Å². The predicted octanol–water partition coefficient (Wildman–Crippen LogP) is 3.33. The second-order valence-electron chi connectivity index (χ2n) is 7.39. The van der Waals surface area contributed by atoms with E-state index >= 15 is 0 Å². The van der Waals surface area contributed by atoms with Gasteiger partial charge < -0.3 is 14.2 Å². The van der Waals surface area contributed by atoms with E-state index in [1.165, 1.54) is 12.1 Å². The second-order valence-corrected chi connectivity index (χ2v) is 7.39. The van der Waals surface area contributed by atoms with Crippen molar-refractivity contribution in [3.05, 3.63) is 30.1 Å². The van der Waals surface area contributed by atoms with Gasteiger partial charge in [-0.15, -0.1) is 0 Å². The largest absolute Gasteiger partial charge is 0.381 e. The zero-order valence-corrected chi connectivity index (χ0v) is 15.0. The summed E-state index contributed by atoms with van der Waals surface area (Å²) < 4.78 is 7.69. The Hall–Kier alpha value is -1.88. The average molecular weight is 341 g/mol. The maximum atomic E-state index is 13.0. The minimum absolute atomic E-state index is 0.226. The van der Waals surface area contributed by atoms with Crippen LogP contribution in [0.2, 0.25) is 0 Å². The fourth-order valence-corrected chi connectivity index (χ4v) is 4.30. The lowest BCUT2D eigenvalue weighted by Gasteiger charge is -2.34. The molecule has 0 saturated carbocycles. The molecule has 4 heterocycles. The number of piperidine rings is 1. The van der Waals surface area contributed by atoms with Crippen molar-refractivity contribution in [3.8, 4) is 0 Å². The van der Waals surface area contributed by atoms with Gasteiger partial charge in [-0.2, -0.15) is 0 Å². The highest BCUT2D eigenvalue weighted by Gasteiger charge is 2.27. The third kappa shape index (κ3) is 3.30. The Bertz CT molecular complexity index is 748. The normalized spacial score (nSPS) is 22.4. The number of aromatic nitrogens is 2. The lowest BCUT2D eigenvalue weighted by atomic mass is 9.96. The molecule has 25 heavy (non-hydrogen) atoms. The smallest absolute Gasteiger partial charge is 0.242 e. The molecule has 4 rings (SSSR count). The fourth-order valence-electron chi connectivity index (χ4n) is 4.30. The Morgan fingerprint density at radius 2 is 2.12 bits per heavy atom. The van der Waals surface area contributed by atoms with E-state index in [2.05, 4.69) is 33.5 Å². The molecule has 0 aromatic carbocycles. The van der Waals surface area contributed by atoms with Crippen LogP contribution < -0.4 is 0 Å². The summed E-state index contributed by atoms with van der Waals surface area (Å²) in [5.41, 5.74) is 2.18. The molecule has 1 atom stereocenters. The van der Waals surface area contributed by atoms with Crippen molar-refractivity contribution in [1.29, 1.82) is 0 Å². The highest BCUT2D eigenvalue weighted by molar-refractivity contribution is 5.82. The first-order chi connectivity index (χ1) is 12.2. The Morgan fingerprint density at radius 3 is 2.92 bits per heavy atom. The number of hydrogen-bond donors (Lipinski definition) is 0. The van der Waals surface area contributed by atoms with Crippen molar-refractivity contribution in [2.24, 2.45) is 0 Å². The number of carbonyl (C=O) groups is 1. The van der Waals surface area contributed by atoms with Gasteiger partial charge in [0.1, 0.15) is 12.2 Å². The van der Waals surface area contributed by atoms with Gasteiger partial charge in [-0.1, -0.05) is 0 Å². The summed E-state index contributed by atoms with van der Waals surface area (Å²) in [6, 6.07) is 6.64. The molecular formula is C20H27N3O2. The third-order valence-electron chi connectivity index (χ3n) is 5.74. The van der Waals surface area contributed by atoms with Crippen LogP contribution in [-0.2, 0) is 16.1 Å². The van der Waals surface area contributed by atoms with Crippen LogP contribution in [0.3, 0.4) is 0 Å². The molecule has 5 heteroatoms. The number of pyridine rings is 1. The Kier molecular flexibility index (Phi) is 4.75. The second kappa shape index (κ2) is 7.16. The van der Waals surface area contributed by atoms with Crippen LogP contribution in [-0.4, -0.2) is 46.2 Å². The molecule has 2 aromatic heterocycles. The summed E-state index contributed by atoms with van der Waals surface area (Å²) in [5.74, 6) is 0.679. The molecular weight excluding hydrogens is 314 g/mol. The number of nitrogens with zero attached hydrogens (tertiary/aromatic N) is 3. The van der Waals surface area contributed by atoms with Gasteiger partial charge >= 0.3 is 0 Å². The van der Waals surface area contributed by atoms with Gasteiger partial charge in [0.25, 0.3) is 0 Å². The van der Waals surface area contributed by atoms with E-state index in [0.717, 1.165) is 56.5 Å². The molecule has 0 radical (unpaired) electrons. The summed E-state index contributed by atoms with van der Waals surface area (Å²) in [6.45, 7) is 5.06. The Morgan fingerprint density at radius 1 is 1.28 bits per heavy atom. The van der Waals surface area contributed by atoms with Crippen LogP contribution >= 0.6 is 0 Å². The lowest BCUT2D eigenvalue weighted by Crippen LogP contribution is -2.43. The van der Waals surface area contributed by atoms with Crippen LogP contribution in [0, 0.1) is 0 Å². The quantitative estimate of drug-likeness (QED) is 0.860. The van der Waals surface area contributed by atoms with Crippen molar-refractivity contribution >= 4 is 16.9 Å². The molecule has 134 valence electrons. The molecule has 0 N–H and O–H groups in total. The van der Waals surface area contributed by atoms with E-state index in [0.29, 0.717) is 18.5 Å². The van der Waals surface area contributed by atoms with Gasteiger partial charge in [-0.25, -0.2) is 4.98 Å². The van der Waals surface area contributed by atoms with E-state index < -0.39 is 0 Å². The topological polar surface area (TPSA) is 47.4 Å². The molecule has 2 aliphatic rings. The molecule has 1 amide bonds. The van der Waals surface area contributed by atoms with Crippen LogP contribution in [0.25, 0.3) is 11.0 Å². The summed E-state index contributed by atoms with van der Waals surface area (Å²) in [7, 11) is 0. The fraction of sp³-hybridized carbons (Fsp3) is 0.600. The van der Waals surface area contributed by atoms with Crippen LogP contribution in [0.5, 0.6) is 0 Å². The van der Waals surface area contributed by atoms with E-state index in [4.69, 9.17) is 4.74 Å². The maximum Gasteiger partial charge on any atom is 0.242 e. The molecule has 0 bridgehead atoms. The van der Waals surface area contributed by atoms with Crippen molar-refractivity contribution < 1.29 is 9.53 Å². The summed E-state index contributed by atoms with van der Waals surface area (Å²) >= 11 is 0. The first-order valence-corrected chi connectivity index (χ1v) is 9.55. The van der Waals surface area contributed by atoms with Gasteiger partial charge in [0, 0.05) is 49.0 Å². The lowest BCUT2D eigenvalue weighted by molar-refractivity contribution is -0.135. The molecule has 2 fully saturated rings. The summed E-state index contributed by atoms with van der Waals surface area (Å²) in [6.07, 6.45) is 7.32. The van der Waals surface area contributed by atoms with Crippen LogP contribution in [0.1, 0.15) is 50.6 Å². The van der Waals surface area contributed by atoms with E-state index in [1.807, 2.05) is 12.3 Å². The Balaban J connectivity index is 1.65. The molecule has 2 saturated heterocycles. The van der Waals surface area contributed by atoms with Gasteiger partial charge in [0.2, 0.25) is 5.91 Å². The SMILES string of the molecule is C[C@H]1CCCCN1C(=O)Cn1c(C2CCOCC2)cc2cccnc21. The average Bonchev–Trinajstić information content (AvgIpc) is 3.01. The molecule has 0 aliphatic carbocycles. The zero-order chi connectivity index (χ0) is 17.2. The van der Waals surface area contributed by atoms with Crippen molar-refractivity contribution in [1.82, 2.24) is 14.5 Å². The van der Waals surface area contributed by atoms with Gasteiger partial charge in [0.15, 0.2) is 0 Å². The Labute approximate surface area is 149 Å². The molecule has 2 aromatic rings.